The number of benzene rings is 3. The molecule has 3 aromatic carbocycles. The summed E-state index contributed by atoms with van der Waals surface area (Å²) in [6.07, 6.45) is -0.940. The molecule has 1 N–H and O–H groups in total. The molecule has 3 fully saturated rings. The molecule has 6 rings (SSSR count). The number of urea groups is 1. The van der Waals surface area contributed by atoms with Gasteiger partial charge in [0, 0.05) is 23.9 Å². The van der Waals surface area contributed by atoms with Crippen molar-refractivity contribution >= 4 is 45.9 Å². The first kappa shape index (κ1) is 23.5. The van der Waals surface area contributed by atoms with Gasteiger partial charge in [0.1, 0.15) is 18.6 Å². The van der Waals surface area contributed by atoms with Gasteiger partial charge in [0.15, 0.2) is 6.04 Å². The van der Waals surface area contributed by atoms with Gasteiger partial charge in [0.2, 0.25) is 0 Å². The number of carboxylic acid groups (broad SMARTS) is 1. The molecular formula is C25H20N5O8+. The number of anilines is 1. The maximum Gasteiger partial charge on any atom is 0.431 e. The molecule has 2 bridgehead atoms. The number of hydrogen-bond donors (Lipinski definition) is 1. The van der Waals surface area contributed by atoms with Crippen LogP contribution in [0.1, 0.15) is 12.0 Å². The van der Waals surface area contributed by atoms with E-state index in [-0.39, 0.29) is 47.5 Å². The zero-order valence-corrected chi connectivity index (χ0v) is 19.7. The number of amides is 4. The van der Waals surface area contributed by atoms with Gasteiger partial charge in [-0.1, -0.05) is 30.3 Å². The third kappa shape index (κ3) is 2.99. The molecule has 13 heteroatoms. The van der Waals surface area contributed by atoms with Crippen molar-refractivity contribution in [1.82, 2.24) is 4.90 Å². The predicted molar refractivity (Wildman–Crippen MR) is 131 cm³/mol. The molecule has 0 spiro atoms. The van der Waals surface area contributed by atoms with Crippen LogP contribution in [0.5, 0.6) is 0 Å². The van der Waals surface area contributed by atoms with Crippen molar-refractivity contribution in [2.24, 2.45) is 0 Å². The second-order valence-corrected chi connectivity index (χ2v) is 9.67. The minimum atomic E-state index is -1.21. The van der Waals surface area contributed by atoms with Crippen molar-refractivity contribution in [3.63, 3.8) is 0 Å². The van der Waals surface area contributed by atoms with Crippen molar-refractivity contribution in [3.05, 3.63) is 86.5 Å². The molecule has 0 aromatic heterocycles. The molecule has 4 amide bonds. The van der Waals surface area contributed by atoms with Gasteiger partial charge in [0.05, 0.1) is 33.0 Å². The van der Waals surface area contributed by atoms with E-state index in [1.54, 1.807) is 24.3 Å². The van der Waals surface area contributed by atoms with Crippen molar-refractivity contribution in [3.8, 4) is 0 Å². The van der Waals surface area contributed by atoms with Gasteiger partial charge in [-0.2, -0.15) is 4.90 Å². The number of carbonyl (C=O) groups is 3. The average Bonchev–Trinajstić information content (AvgIpc) is 3.52. The molecule has 3 aromatic rings. The van der Waals surface area contributed by atoms with Crippen LogP contribution >= 0.6 is 0 Å². The third-order valence-electron chi connectivity index (χ3n) is 8.04. The van der Waals surface area contributed by atoms with Crippen LogP contribution in [0.2, 0.25) is 0 Å². The van der Waals surface area contributed by atoms with E-state index in [9.17, 15) is 39.7 Å². The van der Waals surface area contributed by atoms with Gasteiger partial charge >= 0.3 is 12.1 Å². The summed E-state index contributed by atoms with van der Waals surface area (Å²) in [5.74, 6) is -0.633. The molecule has 3 heterocycles. The first-order chi connectivity index (χ1) is 18.2. The highest BCUT2D eigenvalue weighted by Gasteiger charge is 2.75. The highest BCUT2D eigenvalue weighted by molar-refractivity contribution is 6.22. The number of fused-ring (bicyclic) bond motifs is 6. The minimum absolute atomic E-state index is 0.00496. The second kappa shape index (κ2) is 8.05. The highest BCUT2D eigenvalue weighted by atomic mass is 16.6. The van der Waals surface area contributed by atoms with Crippen molar-refractivity contribution in [2.75, 3.05) is 11.4 Å². The van der Waals surface area contributed by atoms with Gasteiger partial charge in [0.25, 0.3) is 17.3 Å². The van der Waals surface area contributed by atoms with Gasteiger partial charge in [-0.3, -0.25) is 29.9 Å². The standard InChI is InChI=1S/C25H19N5O8/c31-23-22-21-11-15(12-26(21)25(33)34)30(22,13-14-5-1-4-8-18(14)28(35)36)24(32)27(23)19-9-10-20(29(37)38)17-7-3-2-6-16(17)19/h1-10,15,21-22H,11-13H2/p+1. The van der Waals surface area contributed by atoms with Gasteiger partial charge < -0.3 is 5.11 Å². The number of nitro benzene ring substituents is 2. The number of nitro groups is 2. The Bertz CT molecular complexity index is 1590. The number of non-ortho nitro benzene ring substituents is 1. The SMILES string of the molecule is O=C1C2C3CC(CN3C(=O)O)[N+]2(Cc2ccccc2[N+](=O)[O-])C(=O)N1c1ccc([N+](=O)[O-])c2ccccc12. The predicted octanol–water partition coefficient (Wildman–Crippen LogP) is 3.64. The Morgan fingerprint density at radius 1 is 0.947 bits per heavy atom. The summed E-state index contributed by atoms with van der Waals surface area (Å²) in [5, 5.41) is 33.7. The van der Waals surface area contributed by atoms with Crippen LogP contribution in [0.3, 0.4) is 0 Å². The van der Waals surface area contributed by atoms with E-state index in [1.807, 2.05) is 0 Å². The summed E-state index contributed by atoms with van der Waals surface area (Å²) in [6, 6.07) is 11.8. The van der Waals surface area contributed by atoms with Crippen molar-refractivity contribution < 1.29 is 33.8 Å². The first-order valence-electron chi connectivity index (χ1n) is 11.8. The number of quaternary nitrogens is 1. The Labute approximate surface area is 214 Å². The quantitative estimate of drug-likeness (QED) is 0.231. The second-order valence-electron chi connectivity index (χ2n) is 9.67. The largest absolute Gasteiger partial charge is 0.465 e. The number of likely N-dealkylation sites (tertiary alicyclic amines) is 1. The third-order valence-corrected chi connectivity index (χ3v) is 8.04. The Balaban J connectivity index is 1.54. The van der Waals surface area contributed by atoms with E-state index in [0.29, 0.717) is 5.39 Å². The molecule has 4 unspecified atom stereocenters. The fraction of sp³-hybridized carbons (Fsp3) is 0.240. The van der Waals surface area contributed by atoms with E-state index in [4.69, 9.17) is 0 Å². The van der Waals surface area contributed by atoms with Crippen LogP contribution in [0, 0.1) is 20.2 Å². The van der Waals surface area contributed by atoms with Crippen LogP contribution in [0.4, 0.5) is 26.7 Å². The molecule has 13 nitrogen and oxygen atoms in total. The zero-order valence-electron chi connectivity index (χ0n) is 19.7. The first-order valence-corrected chi connectivity index (χ1v) is 11.8. The molecular weight excluding hydrogens is 498 g/mol. The van der Waals surface area contributed by atoms with Crippen LogP contribution < -0.4 is 4.90 Å². The lowest BCUT2D eigenvalue weighted by Gasteiger charge is -2.41. The fourth-order valence-electron chi connectivity index (χ4n) is 6.52. The lowest BCUT2D eigenvalue weighted by molar-refractivity contribution is -0.888. The van der Waals surface area contributed by atoms with E-state index >= 15 is 0 Å². The molecule has 3 aliphatic heterocycles. The molecule has 0 radical (unpaired) electrons. The Morgan fingerprint density at radius 3 is 2.29 bits per heavy atom. The number of rotatable bonds is 5. The summed E-state index contributed by atoms with van der Waals surface area (Å²) in [4.78, 5) is 64.7. The maximum absolute atomic E-state index is 14.3. The molecule has 192 valence electrons. The monoisotopic (exact) mass is 518 g/mol. The maximum atomic E-state index is 14.3. The van der Waals surface area contributed by atoms with Gasteiger partial charge in [-0.05, 0) is 18.2 Å². The zero-order chi connectivity index (χ0) is 26.9. The van der Waals surface area contributed by atoms with Gasteiger partial charge in [-0.15, -0.1) is 0 Å². The molecule has 3 saturated heterocycles. The molecule has 4 atom stereocenters. The molecule has 0 saturated carbocycles. The lowest BCUT2D eigenvalue weighted by Crippen LogP contribution is -2.65. The van der Waals surface area contributed by atoms with Gasteiger partial charge in [-0.25, -0.2) is 14.1 Å². The number of carbonyl (C=O) groups excluding carboxylic acids is 2. The number of imide groups is 1. The van der Waals surface area contributed by atoms with Crippen molar-refractivity contribution in [2.45, 2.75) is 31.1 Å². The topological polar surface area (TPSA) is 164 Å². The Kier molecular flexibility index (Phi) is 4.97. The fourth-order valence-corrected chi connectivity index (χ4v) is 6.52. The summed E-state index contributed by atoms with van der Waals surface area (Å²) in [7, 11) is 0. The smallest absolute Gasteiger partial charge is 0.431 e. The number of piperazine rings is 1. The Hall–Kier alpha value is -4.91. The molecule has 3 aliphatic rings. The number of para-hydroxylation sites is 1. The summed E-state index contributed by atoms with van der Waals surface area (Å²) in [6.45, 7) is -0.159. The number of nitrogens with zero attached hydrogens (tertiary/aromatic N) is 5. The normalized spacial score (nSPS) is 25.7. The average molecular weight is 518 g/mol. The molecule has 0 aliphatic carbocycles. The van der Waals surface area contributed by atoms with Crippen LogP contribution in [-0.4, -0.2) is 67.0 Å². The minimum Gasteiger partial charge on any atom is -0.465 e. The van der Waals surface area contributed by atoms with E-state index in [2.05, 4.69) is 0 Å². The Morgan fingerprint density at radius 2 is 1.61 bits per heavy atom. The van der Waals surface area contributed by atoms with E-state index in [1.165, 1.54) is 36.4 Å². The van der Waals surface area contributed by atoms with Crippen LogP contribution in [0.15, 0.2) is 60.7 Å². The summed E-state index contributed by atoms with van der Waals surface area (Å²) >= 11 is 0. The van der Waals surface area contributed by atoms with E-state index in [0.717, 1.165) is 9.80 Å². The van der Waals surface area contributed by atoms with Crippen LogP contribution in [0.25, 0.3) is 10.8 Å². The number of hydrogen-bond acceptors (Lipinski definition) is 7. The van der Waals surface area contributed by atoms with Crippen molar-refractivity contribution in [1.29, 1.82) is 0 Å². The van der Waals surface area contributed by atoms with E-state index < -0.39 is 50.5 Å². The van der Waals surface area contributed by atoms with Crippen LogP contribution in [-0.2, 0) is 11.3 Å². The molecule has 38 heavy (non-hydrogen) atoms. The summed E-state index contributed by atoms with van der Waals surface area (Å²) in [5.41, 5.74) is 0.0198. The summed E-state index contributed by atoms with van der Waals surface area (Å²) < 4.78 is -0.469. The lowest BCUT2D eigenvalue weighted by atomic mass is 10.0. The highest BCUT2D eigenvalue weighted by Crippen LogP contribution is 2.51.